The molecule has 1 fully saturated rings. The van der Waals surface area contributed by atoms with Crippen LogP contribution in [0.15, 0.2) is 12.1 Å². The third-order valence-corrected chi connectivity index (χ3v) is 3.65. The van der Waals surface area contributed by atoms with Crippen molar-refractivity contribution in [3.8, 4) is 5.75 Å². The number of rotatable bonds is 5. The summed E-state index contributed by atoms with van der Waals surface area (Å²) < 4.78 is 5.99. The minimum atomic E-state index is 0.688. The highest BCUT2D eigenvalue weighted by Gasteiger charge is 2.22. The van der Waals surface area contributed by atoms with Crippen LogP contribution >= 0.6 is 0 Å². The largest absolute Gasteiger partial charge is 0.493 e. The Morgan fingerprint density at radius 1 is 1.29 bits per heavy atom. The Balaban J connectivity index is 2.27. The van der Waals surface area contributed by atoms with Crippen LogP contribution in [0, 0.1) is 6.07 Å². The standard InChI is InChI=1S/C16H23O/c1-3-12-17-16-13(4-2)10-7-11-15(16)14-8-5-6-9-14/h7,10,14H,3-6,8-9,12H2,1-2H3. The van der Waals surface area contributed by atoms with Gasteiger partial charge in [-0.1, -0.05) is 38.8 Å². The molecule has 0 spiro atoms. The molecule has 1 aliphatic rings. The highest BCUT2D eigenvalue weighted by Crippen LogP contribution is 2.40. The van der Waals surface area contributed by atoms with Crippen LogP contribution in [-0.4, -0.2) is 6.61 Å². The van der Waals surface area contributed by atoms with E-state index in [2.05, 4.69) is 32.0 Å². The zero-order valence-corrected chi connectivity index (χ0v) is 11.1. The molecule has 1 aromatic rings. The first-order chi connectivity index (χ1) is 8.36. The van der Waals surface area contributed by atoms with Gasteiger partial charge in [-0.2, -0.15) is 0 Å². The molecule has 0 N–H and O–H groups in total. The quantitative estimate of drug-likeness (QED) is 0.725. The molecule has 2 rings (SSSR count). The van der Waals surface area contributed by atoms with Gasteiger partial charge in [0.25, 0.3) is 0 Å². The predicted molar refractivity (Wildman–Crippen MR) is 71.7 cm³/mol. The van der Waals surface area contributed by atoms with Gasteiger partial charge in [-0.05, 0) is 43.2 Å². The molecule has 0 atom stereocenters. The maximum atomic E-state index is 5.99. The maximum absolute atomic E-state index is 5.99. The first-order valence-corrected chi connectivity index (χ1v) is 7.03. The lowest BCUT2D eigenvalue weighted by molar-refractivity contribution is 0.309. The minimum absolute atomic E-state index is 0.688. The lowest BCUT2D eigenvalue weighted by atomic mass is 9.94. The number of hydrogen-bond acceptors (Lipinski definition) is 1. The molecule has 0 aromatic heterocycles. The normalized spacial score (nSPS) is 16.4. The molecule has 0 aliphatic heterocycles. The summed E-state index contributed by atoms with van der Waals surface area (Å²) in [6.07, 6.45) is 7.47. The predicted octanol–water partition coefficient (Wildman–Crippen LogP) is 4.50. The summed E-state index contributed by atoms with van der Waals surface area (Å²) in [5.41, 5.74) is 2.69. The molecule has 93 valence electrons. The van der Waals surface area contributed by atoms with Crippen molar-refractivity contribution >= 4 is 0 Å². The number of benzene rings is 1. The van der Waals surface area contributed by atoms with E-state index in [0.29, 0.717) is 5.92 Å². The maximum Gasteiger partial charge on any atom is 0.126 e. The van der Waals surface area contributed by atoms with Gasteiger partial charge in [-0.3, -0.25) is 0 Å². The fourth-order valence-electron chi connectivity index (χ4n) is 2.72. The smallest absolute Gasteiger partial charge is 0.126 e. The molecule has 0 bridgehead atoms. The van der Waals surface area contributed by atoms with Crippen molar-refractivity contribution < 1.29 is 4.74 Å². The van der Waals surface area contributed by atoms with Crippen LogP contribution in [0.1, 0.15) is 63.0 Å². The Hall–Kier alpha value is -0.980. The molecule has 0 heterocycles. The van der Waals surface area contributed by atoms with E-state index >= 15 is 0 Å². The fourth-order valence-corrected chi connectivity index (χ4v) is 2.72. The van der Waals surface area contributed by atoms with Crippen molar-refractivity contribution in [2.45, 2.75) is 58.3 Å². The monoisotopic (exact) mass is 231 g/mol. The molecule has 1 aromatic carbocycles. The third-order valence-electron chi connectivity index (χ3n) is 3.65. The lowest BCUT2D eigenvalue weighted by Gasteiger charge is -2.18. The number of ether oxygens (including phenoxy) is 1. The molecule has 1 radical (unpaired) electrons. The van der Waals surface area contributed by atoms with Crippen LogP contribution in [0.3, 0.4) is 0 Å². The summed E-state index contributed by atoms with van der Waals surface area (Å²) >= 11 is 0. The molecule has 0 amide bonds. The van der Waals surface area contributed by atoms with E-state index in [1.807, 2.05) is 0 Å². The Bertz CT molecular complexity index is 351. The van der Waals surface area contributed by atoms with E-state index in [9.17, 15) is 0 Å². The first kappa shape index (κ1) is 12.5. The van der Waals surface area contributed by atoms with E-state index < -0.39 is 0 Å². The fraction of sp³-hybridized carbons (Fsp3) is 0.625. The molecule has 0 unspecified atom stereocenters. The number of aryl methyl sites for hydroxylation is 1. The van der Waals surface area contributed by atoms with E-state index in [0.717, 1.165) is 25.2 Å². The van der Waals surface area contributed by atoms with Crippen LogP contribution in [0.4, 0.5) is 0 Å². The second-order valence-electron chi connectivity index (χ2n) is 4.93. The molecule has 1 nitrogen and oxygen atoms in total. The van der Waals surface area contributed by atoms with Crippen molar-refractivity contribution in [2.75, 3.05) is 6.61 Å². The van der Waals surface area contributed by atoms with Gasteiger partial charge in [0.2, 0.25) is 0 Å². The topological polar surface area (TPSA) is 9.23 Å². The van der Waals surface area contributed by atoms with Gasteiger partial charge in [0, 0.05) is 5.56 Å². The Kier molecular flexibility index (Phi) is 4.47. The second kappa shape index (κ2) is 6.09. The van der Waals surface area contributed by atoms with Crippen LogP contribution < -0.4 is 4.74 Å². The zero-order chi connectivity index (χ0) is 12.1. The van der Waals surface area contributed by atoms with Crippen molar-refractivity contribution in [1.29, 1.82) is 0 Å². The van der Waals surface area contributed by atoms with E-state index in [1.165, 1.54) is 36.8 Å². The highest BCUT2D eigenvalue weighted by molar-refractivity contribution is 5.43. The highest BCUT2D eigenvalue weighted by atomic mass is 16.5. The lowest BCUT2D eigenvalue weighted by Crippen LogP contribution is -2.04. The average molecular weight is 231 g/mol. The molecule has 0 saturated heterocycles. The summed E-state index contributed by atoms with van der Waals surface area (Å²) in [4.78, 5) is 0. The van der Waals surface area contributed by atoms with Crippen LogP contribution in [-0.2, 0) is 6.42 Å². The van der Waals surface area contributed by atoms with Gasteiger partial charge in [-0.15, -0.1) is 0 Å². The SMILES string of the molecule is CCCOc1c(C2CCCC2)[c]ccc1CC. The molecule has 17 heavy (non-hydrogen) atoms. The summed E-state index contributed by atoms with van der Waals surface area (Å²) in [5.74, 6) is 1.83. The van der Waals surface area contributed by atoms with Crippen molar-refractivity contribution in [3.63, 3.8) is 0 Å². The third kappa shape index (κ3) is 2.83. The molecule has 1 aliphatic carbocycles. The molecular weight excluding hydrogens is 208 g/mol. The van der Waals surface area contributed by atoms with Crippen molar-refractivity contribution in [2.24, 2.45) is 0 Å². The minimum Gasteiger partial charge on any atom is -0.493 e. The van der Waals surface area contributed by atoms with Gasteiger partial charge >= 0.3 is 0 Å². The Morgan fingerprint density at radius 3 is 2.71 bits per heavy atom. The van der Waals surface area contributed by atoms with Crippen LogP contribution in [0.25, 0.3) is 0 Å². The summed E-state index contributed by atoms with van der Waals surface area (Å²) in [6.45, 7) is 5.19. The van der Waals surface area contributed by atoms with Gasteiger partial charge in [0.15, 0.2) is 0 Å². The van der Waals surface area contributed by atoms with Gasteiger partial charge in [0.1, 0.15) is 5.75 Å². The first-order valence-electron chi connectivity index (χ1n) is 7.03. The average Bonchev–Trinajstić information content (AvgIpc) is 2.89. The van der Waals surface area contributed by atoms with Gasteiger partial charge in [0.05, 0.1) is 6.61 Å². The Labute approximate surface area is 105 Å². The zero-order valence-electron chi connectivity index (χ0n) is 11.1. The second-order valence-corrected chi connectivity index (χ2v) is 4.93. The van der Waals surface area contributed by atoms with Crippen LogP contribution in [0.5, 0.6) is 5.75 Å². The summed E-state index contributed by atoms with van der Waals surface area (Å²) in [7, 11) is 0. The summed E-state index contributed by atoms with van der Waals surface area (Å²) in [6, 6.07) is 7.67. The summed E-state index contributed by atoms with van der Waals surface area (Å²) in [5, 5.41) is 0. The van der Waals surface area contributed by atoms with Gasteiger partial charge < -0.3 is 4.74 Å². The molecular formula is C16H23O. The van der Waals surface area contributed by atoms with Crippen molar-refractivity contribution in [1.82, 2.24) is 0 Å². The van der Waals surface area contributed by atoms with E-state index in [1.54, 1.807) is 0 Å². The van der Waals surface area contributed by atoms with Crippen molar-refractivity contribution in [3.05, 3.63) is 29.3 Å². The molecule has 1 saturated carbocycles. The Morgan fingerprint density at radius 2 is 2.06 bits per heavy atom. The van der Waals surface area contributed by atoms with Crippen LogP contribution in [0.2, 0.25) is 0 Å². The number of hydrogen-bond donors (Lipinski definition) is 0. The molecule has 1 heteroatoms. The van der Waals surface area contributed by atoms with Gasteiger partial charge in [-0.25, -0.2) is 0 Å². The van der Waals surface area contributed by atoms with E-state index in [-0.39, 0.29) is 0 Å². The van der Waals surface area contributed by atoms with E-state index in [4.69, 9.17) is 4.74 Å².